The van der Waals surface area contributed by atoms with Gasteiger partial charge in [0.2, 0.25) is 0 Å². The minimum Gasteiger partial charge on any atom is -0.462 e. The van der Waals surface area contributed by atoms with Crippen molar-refractivity contribution in [3.63, 3.8) is 0 Å². The maximum atomic E-state index is 12.6. The first-order valence-electron chi connectivity index (χ1n) is 8.24. The molecule has 1 aromatic heterocycles. The standard InChI is InChI=1S/C18H19NO5S2/c1-3-24-18(21)15-13-8-5-9-14(13)25-17(15)19-16(20)11-6-4-7-12(10-11)26(2,22)23/h4,6-7,10H,3,5,8-9H2,1-2H3,(H,19,20). The molecule has 26 heavy (non-hydrogen) atoms. The van der Waals surface area contributed by atoms with Crippen LogP contribution in [0.3, 0.4) is 0 Å². The maximum Gasteiger partial charge on any atom is 0.341 e. The molecule has 2 aromatic rings. The van der Waals surface area contributed by atoms with Gasteiger partial charge in [0.05, 0.1) is 17.1 Å². The Kier molecular flexibility index (Phi) is 5.15. The van der Waals surface area contributed by atoms with Gasteiger partial charge in [-0.25, -0.2) is 13.2 Å². The molecule has 0 saturated heterocycles. The fourth-order valence-corrected chi connectivity index (χ4v) is 4.89. The van der Waals surface area contributed by atoms with E-state index in [1.807, 2.05) is 0 Å². The number of nitrogens with one attached hydrogen (secondary N) is 1. The molecule has 0 saturated carbocycles. The zero-order valence-electron chi connectivity index (χ0n) is 14.5. The van der Waals surface area contributed by atoms with Crippen LogP contribution in [0.1, 0.15) is 44.5 Å². The first-order valence-corrected chi connectivity index (χ1v) is 10.9. The SMILES string of the molecule is CCOC(=O)c1c(NC(=O)c2cccc(S(C)(=O)=O)c2)sc2c1CCC2. The molecule has 1 aromatic carbocycles. The molecular formula is C18H19NO5S2. The van der Waals surface area contributed by atoms with Gasteiger partial charge in [0.1, 0.15) is 5.00 Å². The second kappa shape index (κ2) is 7.20. The van der Waals surface area contributed by atoms with Crippen molar-refractivity contribution in [1.29, 1.82) is 0 Å². The van der Waals surface area contributed by atoms with E-state index in [4.69, 9.17) is 4.74 Å². The smallest absolute Gasteiger partial charge is 0.341 e. The number of benzene rings is 1. The largest absolute Gasteiger partial charge is 0.462 e. The second-order valence-electron chi connectivity index (χ2n) is 6.04. The third kappa shape index (κ3) is 3.66. The number of hydrogen-bond acceptors (Lipinski definition) is 6. The number of carbonyl (C=O) groups is 2. The van der Waals surface area contributed by atoms with Gasteiger partial charge in [-0.05, 0) is 49.9 Å². The molecule has 1 aliphatic carbocycles. The molecule has 0 radical (unpaired) electrons. The Morgan fingerprint density at radius 2 is 2.04 bits per heavy atom. The van der Waals surface area contributed by atoms with Crippen LogP contribution < -0.4 is 5.32 Å². The molecule has 0 spiro atoms. The van der Waals surface area contributed by atoms with Gasteiger partial charge in [-0.3, -0.25) is 4.79 Å². The van der Waals surface area contributed by atoms with Crippen LogP contribution in [0.2, 0.25) is 0 Å². The fourth-order valence-electron chi connectivity index (χ4n) is 2.95. The van der Waals surface area contributed by atoms with Crippen molar-refractivity contribution in [2.75, 3.05) is 18.2 Å². The van der Waals surface area contributed by atoms with Crippen molar-refractivity contribution in [3.05, 3.63) is 45.8 Å². The molecule has 0 aliphatic heterocycles. The molecule has 0 unspecified atom stereocenters. The van der Waals surface area contributed by atoms with Gasteiger partial charge < -0.3 is 10.1 Å². The van der Waals surface area contributed by atoms with E-state index in [2.05, 4.69) is 5.32 Å². The van der Waals surface area contributed by atoms with Gasteiger partial charge in [0, 0.05) is 16.7 Å². The number of anilines is 1. The van der Waals surface area contributed by atoms with E-state index in [9.17, 15) is 18.0 Å². The molecule has 1 N–H and O–H groups in total. The summed E-state index contributed by atoms with van der Waals surface area (Å²) in [6.07, 6.45) is 3.75. The molecule has 138 valence electrons. The van der Waals surface area contributed by atoms with Gasteiger partial charge in [-0.15, -0.1) is 11.3 Å². The van der Waals surface area contributed by atoms with Crippen LogP contribution in [-0.2, 0) is 27.4 Å². The summed E-state index contributed by atoms with van der Waals surface area (Å²) >= 11 is 1.38. The molecule has 1 aliphatic rings. The lowest BCUT2D eigenvalue weighted by Crippen LogP contribution is -2.15. The van der Waals surface area contributed by atoms with Crippen LogP contribution in [0.15, 0.2) is 29.2 Å². The van der Waals surface area contributed by atoms with Crippen molar-refractivity contribution in [3.8, 4) is 0 Å². The van der Waals surface area contributed by atoms with E-state index in [1.165, 1.54) is 35.6 Å². The normalized spacial score (nSPS) is 13.3. The Morgan fingerprint density at radius 3 is 2.73 bits per heavy atom. The summed E-state index contributed by atoms with van der Waals surface area (Å²) in [5, 5.41) is 3.22. The molecular weight excluding hydrogens is 374 g/mol. The number of aryl methyl sites for hydroxylation is 1. The Morgan fingerprint density at radius 1 is 1.27 bits per heavy atom. The van der Waals surface area contributed by atoms with Crippen molar-refractivity contribution in [2.24, 2.45) is 0 Å². The van der Waals surface area contributed by atoms with Crippen molar-refractivity contribution in [1.82, 2.24) is 0 Å². The summed E-state index contributed by atoms with van der Waals surface area (Å²) in [4.78, 5) is 26.1. The fraction of sp³-hybridized carbons (Fsp3) is 0.333. The summed E-state index contributed by atoms with van der Waals surface area (Å²) in [7, 11) is -3.41. The minimum absolute atomic E-state index is 0.0736. The van der Waals surface area contributed by atoms with Crippen LogP contribution in [0.25, 0.3) is 0 Å². The summed E-state index contributed by atoms with van der Waals surface area (Å²) in [6, 6.07) is 5.83. The van der Waals surface area contributed by atoms with Crippen LogP contribution in [-0.4, -0.2) is 33.2 Å². The summed E-state index contributed by atoms with van der Waals surface area (Å²) in [6.45, 7) is 1.99. The quantitative estimate of drug-likeness (QED) is 0.789. The van der Waals surface area contributed by atoms with E-state index in [1.54, 1.807) is 6.92 Å². The number of carbonyl (C=O) groups excluding carboxylic acids is 2. The molecule has 1 heterocycles. The van der Waals surface area contributed by atoms with Gasteiger partial charge in [0.15, 0.2) is 9.84 Å². The number of esters is 1. The van der Waals surface area contributed by atoms with Crippen LogP contribution >= 0.6 is 11.3 Å². The van der Waals surface area contributed by atoms with E-state index in [-0.39, 0.29) is 17.1 Å². The predicted octanol–water partition coefficient (Wildman–Crippen LogP) is 3.07. The summed E-state index contributed by atoms with van der Waals surface area (Å²) in [5.74, 6) is -0.895. The Bertz CT molecular complexity index is 975. The van der Waals surface area contributed by atoms with Crippen LogP contribution in [0.4, 0.5) is 5.00 Å². The molecule has 8 heteroatoms. The van der Waals surface area contributed by atoms with Crippen LogP contribution in [0.5, 0.6) is 0 Å². The number of fused-ring (bicyclic) bond motifs is 1. The van der Waals surface area contributed by atoms with Crippen molar-refractivity contribution in [2.45, 2.75) is 31.1 Å². The van der Waals surface area contributed by atoms with E-state index in [0.29, 0.717) is 10.6 Å². The highest BCUT2D eigenvalue weighted by atomic mass is 32.2. The first kappa shape index (κ1) is 18.6. The lowest BCUT2D eigenvalue weighted by atomic mass is 10.1. The van der Waals surface area contributed by atoms with Gasteiger partial charge in [-0.1, -0.05) is 6.07 Å². The molecule has 1 amide bonds. The highest BCUT2D eigenvalue weighted by molar-refractivity contribution is 7.90. The molecule has 3 rings (SSSR count). The second-order valence-corrected chi connectivity index (χ2v) is 9.16. The minimum atomic E-state index is -3.41. The van der Waals surface area contributed by atoms with E-state index < -0.39 is 21.7 Å². The average Bonchev–Trinajstić information content (AvgIpc) is 3.14. The Balaban J connectivity index is 1.92. The van der Waals surface area contributed by atoms with Crippen molar-refractivity contribution < 1.29 is 22.7 Å². The number of hydrogen-bond donors (Lipinski definition) is 1. The molecule has 0 bridgehead atoms. The van der Waals surface area contributed by atoms with Crippen LogP contribution in [0, 0.1) is 0 Å². The number of thiophene rings is 1. The van der Waals surface area contributed by atoms with Gasteiger partial charge in [0.25, 0.3) is 5.91 Å². The number of amides is 1. The third-order valence-electron chi connectivity index (χ3n) is 4.15. The first-order chi connectivity index (χ1) is 12.3. The highest BCUT2D eigenvalue weighted by Gasteiger charge is 2.28. The third-order valence-corrected chi connectivity index (χ3v) is 6.47. The molecule has 6 nitrogen and oxygen atoms in total. The zero-order chi connectivity index (χ0) is 18.9. The van der Waals surface area contributed by atoms with Gasteiger partial charge >= 0.3 is 5.97 Å². The predicted molar refractivity (Wildman–Crippen MR) is 99.8 cm³/mol. The number of sulfone groups is 1. The molecule has 0 atom stereocenters. The topological polar surface area (TPSA) is 89.5 Å². The van der Waals surface area contributed by atoms with E-state index >= 15 is 0 Å². The summed E-state index contributed by atoms with van der Waals surface area (Å²) in [5.41, 5.74) is 1.60. The highest BCUT2D eigenvalue weighted by Crippen LogP contribution is 2.39. The maximum absolute atomic E-state index is 12.6. The number of ether oxygens (including phenoxy) is 1. The average molecular weight is 393 g/mol. The number of rotatable bonds is 5. The van der Waals surface area contributed by atoms with Gasteiger partial charge in [-0.2, -0.15) is 0 Å². The monoisotopic (exact) mass is 393 g/mol. The summed E-state index contributed by atoms with van der Waals surface area (Å²) < 4.78 is 28.5. The zero-order valence-corrected chi connectivity index (χ0v) is 16.1. The van der Waals surface area contributed by atoms with Crippen molar-refractivity contribution >= 4 is 38.1 Å². The van der Waals surface area contributed by atoms with E-state index in [0.717, 1.165) is 36.0 Å². The Labute approximate surface area is 156 Å². The lowest BCUT2D eigenvalue weighted by molar-refractivity contribution is 0.0527. The molecule has 0 fully saturated rings. The lowest BCUT2D eigenvalue weighted by Gasteiger charge is -2.08. The Hall–Kier alpha value is -2.19.